The molecule has 2 aromatic rings. The molecule has 1 aliphatic carbocycles. The fraction of sp³-hybridized carbons (Fsp3) is 0.409. The molecule has 2 aliphatic heterocycles. The number of fused-ring (bicyclic) bond motifs is 2. The van der Waals surface area contributed by atoms with Gasteiger partial charge in [-0.2, -0.15) is 5.10 Å². The van der Waals surface area contributed by atoms with Crippen molar-refractivity contribution >= 4 is 28.1 Å². The van der Waals surface area contributed by atoms with Gasteiger partial charge in [-0.15, -0.1) is 11.3 Å². The fourth-order valence-corrected chi connectivity index (χ4v) is 7.18. The standard InChI is InChI=1S/C22H23F2N3S2/c1-14(15-6-10-25-11-7-15)27-22(9-2-3-20-18(22)8-12-28-20)29-21(26-27)17-13-16(23)4-5-19(17)24/h4-5,8,12-13,15,25H,1-3,6-7,9-11H2. The highest BCUT2D eigenvalue weighted by molar-refractivity contribution is 8.15. The molecular formula is C22H23F2N3S2. The van der Waals surface area contributed by atoms with Gasteiger partial charge in [0.25, 0.3) is 0 Å². The molecule has 1 unspecified atom stereocenters. The first-order valence-corrected chi connectivity index (χ1v) is 11.8. The van der Waals surface area contributed by atoms with Crippen LogP contribution in [-0.4, -0.2) is 23.1 Å². The van der Waals surface area contributed by atoms with E-state index in [4.69, 9.17) is 5.10 Å². The summed E-state index contributed by atoms with van der Waals surface area (Å²) in [6.07, 6.45) is 5.06. The molecule has 29 heavy (non-hydrogen) atoms. The number of nitrogens with one attached hydrogen (secondary N) is 1. The Morgan fingerprint density at radius 2 is 2.07 bits per heavy atom. The molecule has 1 spiro atoms. The van der Waals surface area contributed by atoms with Crippen LogP contribution in [0.2, 0.25) is 0 Å². The second-order valence-corrected chi connectivity index (χ2v) is 10.1. The molecule has 3 heterocycles. The maximum absolute atomic E-state index is 14.6. The summed E-state index contributed by atoms with van der Waals surface area (Å²) >= 11 is 3.33. The van der Waals surface area contributed by atoms with Crippen LogP contribution in [0.25, 0.3) is 0 Å². The van der Waals surface area contributed by atoms with Crippen LogP contribution >= 0.6 is 23.1 Å². The Morgan fingerprint density at radius 1 is 1.24 bits per heavy atom. The van der Waals surface area contributed by atoms with E-state index in [-0.39, 0.29) is 5.56 Å². The molecule has 3 aliphatic rings. The highest BCUT2D eigenvalue weighted by Gasteiger charge is 2.50. The SMILES string of the molecule is C=C(C1CCNCC1)N1N=C(c2cc(F)ccc2F)SC12CCCc1sccc12. The van der Waals surface area contributed by atoms with Crippen LogP contribution in [0.15, 0.2) is 47.0 Å². The zero-order chi connectivity index (χ0) is 20.0. The Morgan fingerprint density at radius 3 is 2.90 bits per heavy atom. The summed E-state index contributed by atoms with van der Waals surface area (Å²) in [4.78, 5) is 0.951. The Hall–Kier alpha value is -1.70. The number of hydrogen-bond acceptors (Lipinski definition) is 5. The van der Waals surface area contributed by atoms with Crippen molar-refractivity contribution in [3.63, 3.8) is 0 Å². The summed E-state index contributed by atoms with van der Waals surface area (Å²) < 4.78 is 28.5. The van der Waals surface area contributed by atoms with Crippen molar-refractivity contribution in [3.05, 3.63) is 69.6 Å². The predicted octanol–water partition coefficient (Wildman–Crippen LogP) is 5.44. The van der Waals surface area contributed by atoms with Crippen LogP contribution < -0.4 is 5.32 Å². The summed E-state index contributed by atoms with van der Waals surface area (Å²) in [5.74, 6) is -0.545. The maximum Gasteiger partial charge on any atom is 0.140 e. The highest BCUT2D eigenvalue weighted by Crippen LogP contribution is 2.56. The van der Waals surface area contributed by atoms with Crippen LogP contribution in [-0.2, 0) is 11.3 Å². The Labute approximate surface area is 177 Å². The molecule has 7 heteroatoms. The zero-order valence-electron chi connectivity index (χ0n) is 16.1. The third kappa shape index (κ3) is 3.23. The van der Waals surface area contributed by atoms with Crippen molar-refractivity contribution in [3.8, 4) is 0 Å². The van der Waals surface area contributed by atoms with Crippen molar-refractivity contribution in [2.75, 3.05) is 13.1 Å². The summed E-state index contributed by atoms with van der Waals surface area (Å²) in [7, 11) is 0. The average molecular weight is 432 g/mol. The van der Waals surface area contributed by atoms with Gasteiger partial charge in [-0.25, -0.2) is 13.8 Å². The number of nitrogens with zero attached hydrogens (tertiary/aromatic N) is 2. The van der Waals surface area contributed by atoms with Gasteiger partial charge < -0.3 is 5.32 Å². The molecule has 5 rings (SSSR count). The third-order valence-corrected chi connectivity index (χ3v) is 8.54. The van der Waals surface area contributed by atoms with Crippen molar-refractivity contribution in [1.29, 1.82) is 0 Å². The molecular weight excluding hydrogens is 408 g/mol. The van der Waals surface area contributed by atoms with Crippen LogP contribution in [0.3, 0.4) is 0 Å². The lowest BCUT2D eigenvalue weighted by molar-refractivity contribution is 0.181. The monoisotopic (exact) mass is 431 g/mol. The maximum atomic E-state index is 14.6. The lowest BCUT2D eigenvalue weighted by Crippen LogP contribution is -2.42. The number of thioether (sulfide) groups is 1. The number of rotatable bonds is 3. The van der Waals surface area contributed by atoms with Crippen molar-refractivity contribution in [2.24, 2.45) is 11.0 Å². The number of allylic oxidation sites excluding steroid dienone is 1. The lowest BCUT2D eigenvalue weighted by atomic mass is 9.89. The van der Waals surface area contributed by atoms with Crippen molar-refractivity contribution in [1.82, 2.24) is 10.3 Å². The molecule has 1 aromatic carbocycles. The minimum absolute atomic E-state index is 0.234. The molecule has 0 radical (unpaired) electrons. The average Bonchev–Trinajstić information content (AvgIpc) is 3.36. The number of aryl methyl sites for hydroxylation is 1. The number of benzene rings is 1. The van der Waals surface area contributed by atoms with E-state index in [1.165, 1.54) is 22.6 Å². The molecule has 1 fully saturated rings. The quantitative estimate of drug-likeness (QED) is 0.701. The van der Waals surface area contributed by atoms with Gasteiger partial charge in [0.2, 0.25) is 0 Å². The molecule has 1 aromatic heterocycles. The van der Waals surface area contributed by atoms with E-state index in [0.29, 0.717) is 11.0 Å². The van der Waals surface area contributed by atoms with E-state index in [1.54, 1.807) is 23.1 Å². The second-order valence-electron chi connectivity index (χ2n) is 7.85. The second kappa shape index (κ2) is 7.52. The first-order valence-electron chi connectivity index (χ1n) is 10.1. The van der Waals surface area contributed by atoms with E-state index in [2.05, 4.69) is 28.4 Å². The first-order chi connectivity index (χ1) is 14.1. The minimum atomic E-state index is -0.450. The van der Waals surface area contributed by atoms with E-state index in [0.717, 1.165) is 57.0 Å². The molecule has 0 amide bonds. The predicted molar refractivity (Wildman–Crippen MR) is 116 cm³/mol. The number of hydrazone groups is 1. The van der Waals surface area contributed by atoms with Crippen molar-refractivity contribution < 1.29 is 8.78 Å². The van der Waals surface area contributed by atoms with E-state index in [9.17, 15) is 8.78 Å². The number of hydrogen-bond donors (Lipinski definition) is 1. The van der Waals surface area contributed by atoms with Gasteiger partial charge in [0, 0.05) is 27.6 Å². The van der Waals surface area contributed by atoms with Crippen LogP contribution in [0.5, 0.6) is 0 Å². The van der Waals surface area contributed by atoms with E-state index < -0.39 is 16.5 Å². The fourth-order valence-electron chi connectivity index (χ4n) is 4.62. The first kappa shape index (κ1) is 19.3. The summed E-state index contributed by atoms with van der Waals surface area (Å²) in [6, 6.07) is 5.76. The smallest absolute Gasteiger partial charge is 0.140 e. The Balaban J connectivity index is 1.60. The van der Waals surface area contributed by atoms with Gasteiger partial charge in [0.1, 0.15) is 21.5 Å². The number of halogens is 2. The van der Waals surface area contributed by atoms with Gasteiger partial charge in [0.15, 0.2) is 0 Å². The summed E-state index contributed by atoms with van der Waals surface area (Å²) in [6.45, 7) is 6.39. The highest BCUT2D eigenvalue weighted by atomic mass is 32.2. The van der Waals surface area contributed by atoms with Crippen LogP contribution in [0.4, 0.5) is 8.78 Å². The molecule has 0 bridgehead atoms. The molecule has 1 saturated heterocycles. The van der Waals surface area contributed by atoms with Gasteiger partial charge >= 0.3 is 0 Å². The van der Waals surface area contributed by atoms with Crippen LogP contribution in [0, 0.1) is 17.6 Å². The molecule has 152 valence electrons. The molecule has 0 saturated carbocycles. The summed E-state index contributed by atoms with van der Waals surface area (Å²) in [5.41, 5.74) is 2.48. The van der Waals surface area contributed by atoms with Crippen molar-refractivity contribution in [2.45, 2.75) is 37.0 Å². The lowest BCUT2D eigenvalue weighted by Gasteiger charge is -2.42. The molecule has 1 N–H and O–H groups in total. The Bertz CT molecular complexity index is 980. The van der Waals surface area contributed by atoms with Crippen LogP contribution in [0.1, 0.15) is 41.7 Å². The molecule has 1 atom stereocenters. The Kier molecular flexibility index (Phi) is 5.00. The summed E-state index contributed by atoms with van der Waals surface area (Å²) in [5, 5.41) is 13.0. The van der Waals surface area contributed by atoms with Gasteiger partial charge in [0.05, 0.1) is 0 Å². The van der Waals surface area contributed by atoms with Gasteiger partial charge in [-0.3, -0.25) is 0 Å². The normalized spacial score (nSPS) is 24.6. The zero-order valence-corrected chi connectivity index (χ0v) is 17.7. The van der Waals surface area contributed by atoms with E-state index in [1.807, 2.05) is 0 Å². The number of piperidine rings is 1. The largest absolute Gasteiger partial charge is 0.317 e. The van der Waals surface area contributed by atoms with E-state index >= 15 is 0 Å². The number of thiophene rings is 1. The topological polar surface area (TPSA) is 27.6 Å². The van der Waals surface area contributed by atoms with Gasteiger partial charge in [-0.05, 0) is 74.8 Å². The molecule has 3 nitrogen and oxygen atoms in total. The van der Waals surface area contributed by atoms with Gasteiger partial charge in [-0.1, -0.05) is 18.3 Å². The third-order valence-electron chi connectivity index (χ3n) is 6.13. The minimum Gasteiger partial charge on any atom is -0.317 e.